The van der Waals surface area contributed by atoms with Crippen LogP contribution in [-0.4, -0.2) is 17.1 Å². The topological polar surface area (TPSA) is 61.0 Å². The number of nitrogens with zero attached hydrogens (tertiary/aromatic N) is 2. The molecule has 2 heterocycles. The van der Waals surface area contributed by atoms with E-state index in [2.05, 4.69) is 23.8 Å². The zero-order valence-corrected chi connectivity index (χ0v) is 11.7. The van der Waals surface area contributed by atoms with Crippen LogP contribution in [0.4, 0.5) is 5.13 Å². The van der Waals surface area contributed by atoms with Crippen molar-refractivity contribution in [1.29, 1.82) is 0 Å². The van der Waals surface area contributed by atoms with Gasteiger partial charge < -0.3 is 10.5 Å². The lowest BCUT2D eigenvalue weighted by Gasteiger charge is -1.97. The van der Waals surface area contributed by atoms with Crippen molar-refractivity contribution in [3.8, 4) is 10.6 Å². The summed E-state index contributed by atoms with van der Waals surface area (Å²) in [6, 6.07) is 0. The van der Waals surface area contributed by atoms with Crippen molar-refractivity contribution in [1.82, 2.24) is 9.97 Å². The second-order valence-corrected chi connectivity index (χ2v) is 5.91. The van der Waals surface area contributed by atoms with Crippen LogP contribution in [0.3, 0.4) is 0 Å². The van der Waals surface area contributed by atoms with Gasteiger partial charge in [0.1, 0.15) is 0 Å². The van der Waals surface area contributed by atoms with Gasteiger partial charge in [-0.2, -0.15) is 0 Å². The summed E-state index contributed by atoms with van der Waals surface area (Å²) < 4.78 is 5.18. The van der Waals surface area contributed by atoms with E-state index in [-0.39, 0.29) is 0 Å². The first-order chi connectivity index (χ1) is 8.11. The van der Waals surface area contributed by atoms with E-state index < -0.39 is 0 Å². The molecule has 2 aromatic rings. The van der Waals surface area contributed by atoms with Crippen molar-refractivity contribution >= 4 is 27.8 Å². The van der Waals surface area contributed by atoms with Crippen LogP contribution in [0.15, 0.2) is 5.38 Å². The fourth-order valence-corrected chi connectivity index (χ4v) is 3.10. The molecule has 0 radical (unpaired) electrons. The molecule has 0 aliphatic carbocycles. The third-order valence-electron chi connectivity index (χ3n) is 2.24. The van der Waals surface area contributed by atoms with Gasteiger partial charge in [-0.05, 0) is 0 Å². The zero-order chi connectivity index (χ0) is 12.4. The lowest BCUT2D eigenvalue weighted by molar-refractivity contribution is 0.182. The van der Waals surface area contributed by atoms with E-state index in [4.69, 9.17) is 10.5 Å². The molecule has 0 aliphatic rings. The minimum atomic E-state index is 0.417. The van der Waals surface area contributed by atoms with Crippen molar-refractivity contribution in [2.24, 2.45) is 0 Å². The van der Waals surface area contributed by atoms with E-state index in [9.17, 15) is 0 Å². The standard InChI is InChI=1S/C11H15N3OS2/c1-6(2)10-13-7(4-15-3)9(17-10)8-5-16-11(12)14-8/h5-6H,4H2,1-3H3,(H2,12,14). The molecular formula is C11H15N3OS2. The van der Waals surface area contributed by atoms with Gasteiger partial charge in [-0.1, -0.05) is 13.8 Å². The van der Waals surface area contributed by atoms with E-state index in [1.807, 2.05) is 5.38 Å². The Balaban J connectivity index is 2.43. The first kappa shape index (κ1) is 12.5. The number of methoxy groups -OCH3 is 1. The molecule has 6 heteroatoms. The number of aromatic nitrogens is 2. The molecule has 0 aliphatic heterocycles. The quantitative estimate of drug-likeness (QED) is 0.926. The van der Waals surface area contributed by atoms with Crippen LogP contribution < -0.4 is 5.73 Å². The van der Waals surface area contributed by atoms with Gasteiger partial charge >= 0.3 is 0 Å². The number of thiazole rings is 2. The summed E-state index contributed by atoms with van der Waals surface area (Å²) in [5.41, 5.74) is 7.52. The largest absolute Gasteiger partial charge is 0.378 e. The minimum Gasteiger partial charge on any atom is -0.378 e. The van der Waals surface area contributed by atoms with Gasteiger partial charge in [0.15, 0.2) is 5.13 Å². The predicted molar refractivity (Wildman–Crippen MR) is 72.4 cm³/mol. The molecular weight excluding hydrogens is 254 g/mol. The molecule has 0 spiro atoms. The van der Waals surface area contributed by atoms with Crippen molar-refractivity contribution in [2.75, 3.05) is 12.8 Å². The van der Waals surface area contributed by atoms with Crippen LogP contribution in [0.5, 0.6) is 0 Å². The van der Waals surface area contributed by atoms with Crippen molar-refractivity contribution in [3.63, 3.8) is 0 Å². The summed E-state index contributed by atoms with van der Waals surface area (Å²) in [5, 5.41) is 3.66. The Hall–Kier alpha value is -0.980. The second kappa shape index (κ2) is 5.12. The number of anilines is 1. The van der Waals surface area contributed by atoms with Gasteiger partial charge in [0.05, 0.1) is 27.9 Å². The zero-order valence-electron chi connectivity index (χ0n) is 10.1. The summed E-state index contributed by atoms with van der Waals surface area (Å²) in [6.07, 6.45) is 0. The Morgan fingerprint density at radius 2 is 2.18 bits per heavy atom. The smallest absolute Gasteiger partial charge is 0.180 e. The molecule has 2 N–H and O–H groups in total. The normalized spacial score (nSPS) is 11.3. The van der Waals surface area contributed by atoms with Crippen LogP contribution in [0.1, 0.15) is 30.5 Å². The average molecular weight is 269 g/mol. The van der Waals surface area contributed by atoms with Crippen LogP contribution in [0.25, 0.3) is 10.6 Å². The van der Waals surface area contributed by atoms with Crippen LogP contribution in [0.2, 0.25) is 0 Å². The number of nitrogens with two attached hydrogens (primary N) is 1. The number of rotatable bonds is 4. The van der Waals surface area contributed by atoms with Crippen molar-refractivity contribution < 1.29 is 4.74 Å². The predicted octanol–water partition coefficient (Wildman–Crippen LogP) is 3.12. The molecule has 92 valence electrons. The van der Waals surface area contributed by atoms with Gasteiger partial charge in [-0.15, -0.1) is 22.7 Å². The second-order valence-electron chi connectivity index (χ2n) is 3.99. The van der Waals surface area contributed by atoms with E-state index in [0.29, 0.717) is 17.7 Å². The number of hydrogen-bond acceptors (Lipinski definition) is 6. The van der Waals surface area contributed by atoms with E-state index >= 15 is 0 Å². The number of ether oxygens (including phenoxy) is 1. The van der Waals surface area contributed by atoms with Gasteiger partial charge in [-0.3, -0.25) is 0 Å². The summed E-state index contributed by atoms with van der Waals surface area (Å²) in [4.78, 5) is 9.98. The van der Waals surface area contributed by atoms with Crippen molar-refractivity contribution in [3.05, 3.63) is 16.1 Å². The molecule has 0 atom stereocenters. The maximum Gasteiger partial charge on any atom is 0.180 e. The maximum atomic E-state index is 5.67. The molecule has 0 bridgehead atoms. The highest BCUT2D eigenvalue weighted by atomic mass is 32.1. The molecule has 0 saturated carbocycles. The summed E-state index contributed by atoms with van der Waals surface area (Å²) in [7, 11) is 1.67. The highest BCUT2D eigenvalue weighted by molar-refractivity contribution is 7.16. The molecule has 0 saturated heterocycles. The Morgan fingerprint density at radius 1 is 1.41 bits per heavy atom. The summed E-state index contributed by atoms with van der Waals surface area (Å²) in [6.45, 7) is 4.78. The van der Waals surface area contributed by atoms with Gasteiger partial charge in [0.2, 0.25) is 0 Å². The van der Waals surface area contributed by atoms with E-state index in [0.717, 1.165) is 21.3 Å². The third-order valence-corrected chi connectivity index (χ3v) is 4.34. The maximum absolute atomic E-state index is 5.67. The van der Waals surface area contributed by atoms with Crippen LogP contribution in [-0.2, 0) is 11.3 Å². The van der Waals surface area contributed by atoms with Crippen molar-refractivity contribution in [2.45, 2.75) is 26.4 Å². The van der Waals surface area contributed by atoms with E-state index in [1.165, 1.54) is 11.3 Å². The Bertz CT molecular complexity index is 505. The Kier molecular flexibility index (Phi) is 3.76. The van der Waals surface area contributed by atoms with Gasteiger partial charge in [-0.25, -0.2) is 9.97 Å². The highest BCUT2D eigenvalue weighted by Crippen LogP contribution is 2.34. The Morgan fingerprint density at radius 3 is 2.71 bits per heavy atom. The lowest BCUT2D eigenvalue weighted by atomic mass is 10.2. The average Bonchev–Trinajstić information content (AvgIpc) is 2.85. The summed E-state index contributed by atoms with van der Waals surface area (Å²) >= 11 is 3.12. The fourth-order valence-electron chi connectivity index (χ4n) is 1.44. The summed E-state index contributed by atoms with van der Waals surface area (Å²) in [5.74, 6) is 0.417. The van der Waals surface area contributed by atoms with E-state index in [1.54, 1.807) is 18.4 Å². The van der Waals surface area contributed by atoms with Crippen LogP contribution in [0, 0.1) is 0 Å². The molecule has 0 aromatic carbocycles. The third kappa shape index (κ3) is 2.65. The molecule has 4 nitrogen and oxygen atoms in total. The Labute approximate surface area is 108 Å². The van der Waals surface area contributed by atoms with Crippen LogP contribution >= 0.6 is 22.7 Å². The minimum absolute atomic E-state index is 0.417. The van der Waals surface area contributed by atoms with Gasteiger partial charge in [0.25, 0.3) is 0 Å². The first-order valence-electron chi connectivity index (χ1n) is 5.31. The molecule has 17 heavy (non-hydrogen) atoms. The number of hydrogen-bond donors (Lipinski definition) is 1. The number of nitrogen functional groups attached to an aromatic ring is 1. The molecule has 2 aromatic heterocycles. The van der Waals surface area contributed by atoms with Gasteiger partial charge in [0, 0.05) is 18.4 Å². The molecule has 0 unspecified atom stereocenters. The lowest BCUT2D eigenvalue weighted by Crippen LogP contribution is -1.92. The SMILES string of the molecule is COCc1nc(C(C)C)sc1-c1csc(N)n1. The fraction of sp³-hybridized carbons (Fsp3) is 0.455. The molecule has 0 amide bonds. The highest BCUT2D eigenvalue weighted by Gasteiger charge is 2.16. The molecule has 0 fully saturated rings. The molecule has 2 rings (SSSR count). The first-order valence-corrected chi connectivity index (χ1v) is 7.01. The monoisotopic (exact) mass is 269 g/mol.